The number of hydrogen-bond donors (Lipinski definition) is 0. The summed E-state index contributed by atoms with van der Waals surface area (Å²) >= 11 is 0. The zero-order chi connectivity index (χ0) is 15.4. The van der Waals surface area contributed by atoms with Crippen molar-refractivity contribution >= 4 is 6.09 Å². The Morgan fingerprint density at radius 3 is 2.45 bits per heavy atom. The van der Waals surface area contributed by atoms with Gasteiger partial charge in [-0.3, -0.25) is 0 Å². The van der Waals surface area contributed by atoms with E-state index in [0.717, 1.165) is 0 Å². The van der Waals surface area contributed by atoms with Gasteiger partial charge < -0.3 is 19.1 Å². The minimum Gasteiger partial charge on any atom is -0.443 e. The fraction of sp³-hybridized carbons (Fsp3) is 0.923. The SMILES string of the molecule is CCN(CC)C(=O)OCC(F)(F)C1COC(C)(CC)O1. The highest BCUT2D eigenvalue weighted by Crippen LogP contribution is 2.34. The molecule has 1 fully saturated rings. The monoisotopic (exact) mass is 295 g/mol. The molecular weight excluding hydrogens is 272 g/mol. The van der Waals surface area contributed by atoms with Gasteiger partial charge in [-0.05, 0) is 27.2 Å². The van der Waals surface area contributed by atoms with Crippen LogP contribution in [0.1, 0.15) is 34.1 Å². The summed E-state index contributed by atoms with van der Waals surface area (Å²) in [7, 11) is 0. The third-order valence-electron chi connectivity index (χ3n) is 3.45. The molecule has 1 aliphatic rings. The van der Waals surface area contributed by atoms with Gasteiger partial charge in [0, 0.05) is 13.1 Å². The fourth-order valence-corrected chi connectivity index (χ4v) is 1.84. The standard InChI is InChI=1S/C13H23F2NO4/c1-5-12(4)19-8-10(20-12)13(14,15)9-18-11(17)16(6-2)7-3/h10H,5-9H2,1-4H3. The third-order valence-corrected chi connectivity index (χ3v) is 3.45. The number of ether oxygens (including phenoxy) is 3. The van der Waals surface area contributed by atoms with E-state index in [0.29, 0.717) is 19.5 Å². The predicted octanol–water partition coefficient (Wildman–Crippen LogP) is 2.64. The number of hydrogen-bond acceptors (Lipinski definition) is 4. The second-order valence-electron chi connectivity index (χ2n) is 4.89. The maximum Gasteiger partial charge on any atom is 0.409 e. The Balaban J connectivity index is 2.52. The van der Waals surface area contributed by atoms with Gasteiger partial charge in [0.25, 0.3) is 0 Å². The van der Waals surface area contributed by atoms with E-state index in [2.05, 4.69) is 4.74 Å². The Kier molecular flexibility index (Phi) is 5.70. The van der Waals surface area contributed by atoms with Gasteiger partial charge in [-0.1, -0.05) is 6.92 Å². The molecule has 5 nitrogen and oxygen atoms in total. The molecule has 1 rings (SSSR count). The summed E-state index contributed by atoms with van der Waals surface area (Å²) in [6, 6.07) is 0. The molecule has 0 aromatic rings. The third kappa shape index (κ3) is 4.02. The number of carbonyl (C=O) groups is 1. The molecule has 1 aliphatic heterocycles. The lowest BCUT2D eigenvalue weighted by Gasteiger charge is -2.26. The van der Waals surface area contributed by atoms with Crippen molar-refractivity contribution in [2.45, 2.75) is 51.9 Å². The maximum atomic E-state index is 13.9. The van der Waals surface area contributed by atoms with E-state index in [1.54, 1.807) is 27.7 Å². The summed E-state index contributed by atoms with van der Waals surface area (Å²) in [6.07, 6.45) is -1.66. The minimum absolute atomic E-state index is 0.208. The first-order valence-corrected chi connectivity index (χ1v) is 6.89. The van der Waals surface area contributed by atoms with Crippen LogP contribution in [0.15, 0.2) is 0 Å². The minimum atomic E-state index is -3.27. The highest BCUT2D eigenvalue weighted by atomic mass is 19.3. The molecule has 0 bridgehead atoms. The van der Waals surface area contributed by atoms with Crippen molar-refractivity contribution in [1.29, 1.82) is 0 Å². The molecular formula is C13H23F2NO4. The molecule has 0 radical (unpaired) electrons. The predicted molar refractivity (Wildman–Crippen MR) is 68.7 cm³/mol. The Bertz CT molecular complexity index is 336. The first kappa shape index (κ1) is 17.1. The van der Waals surface area contributed by atoms with Crippen LogP contribution in [-0.2, 0) is 14.2 Å². The molecule has 20 heavy (non-hydrogen) atoms. The van der Waals surface area contributed by atoms with E-state index in [4.69, 9.17) is 9.47 Å². The molecule has 0 saturated carbocycles. The second kappa shape index (κ2) is 6.67. The zero-order valence-electron chi connectivity index (χ0n) is 12.4. The van der Waals surface area contributed by atoms with Crippen LogP contribution in [0.3, 0.4) is 0 Å². The number of rotatable bonds is 6. The molecule has 2 unspecified atom stereocenters. The Hall–Kier alpha value is -0.950. The number of nitrogens with zero attached hydrogens (tertiary/aromatic N) is 1. The molecule has 0 N–H and O–H groups in total. The topological polar surface area (TPSA) is 48.0 Å². The quantitative estimate of drug-likeness (QED) is 0.756. The van der Waals surface area contributed by atoms with Crippen LogP contribution < -0.4 is 0 Å². The average Bonchev–Trinajstić information content (AvgIpc) is 2.82. The summed E-state index contributed by atoms with van der Waals surface area (Å²) in [4.78, 5) is 12.9. The second-order valence-corrected chi connectivity index (χ2v) is 4.89. The normalized spacial score (nSPS) is 26.6. The smallest absolute Gasteiger partial charge is 0.409 e. The average molecular weight is 295 g/mol. The van der Waals surface area contributed by atoms with Crippen LogP contribution >= 0.6 is 0 Å². The highest BCUT2D eigenvalue weighted by molar-refractivity contribution is 5.67. The van der Waals surface area contributed by atoms with Crippen LogP contribution in [-0.4, -0.2) is 55.1 Å². The largest absolute Gasteiger partial charge is 0.443 e. The van der Waals surface area contributed by atoms with E-state index in [9.17, 15) is 13.6 Å². The van der Waals surface area contributed by atoms with Crippen molar-refractivity contribution < 1.29 is 27.8 Å². The first-order valence-electron chi connectivity index (χ1n) is 6.89. The summed E-state index contributed by atoms with van der Waals surface area (Å²) in [5, 5.41) is 0. The lowest BCUT2D eigenvalue weighted by molar-refractivity contribution is -0.201. The molecule has 2 atom stereocenters. The van der Waals surface area contributed by atoms with Gasteiger partial charge in [-0.15, -0.1) is 0 Å². The van der Waals surface area contributed by atoms with E-state index in [-0.39, 0.29) is 6.61 Å². The van der Waals surface area contributed by atoms with E-state index in [1.165, 1.54) is 4.90 Å². The van der Waals surface area contributed by atoms with Crippen molar-refractivity contribution in [3.05, 3.63) is 0 Å². The van der Waals surface area contributed by atoms with Gasteiger partial charge >= 0.3 is 12.0 Å². The van der Waals surface area contributed by atoms with E-state index >= 15 is 0 Å². The summed E-state index contributed by atoms with van der Waals surface area (Å²) < 4.78 is 43.0. The maximum absolute atomic E-state index is 13.9. The summed E-state index contributed by atoms with van der Waals surface area (Å²) in [6.45, 7) is 6.53. The van der Waals surface area contributed by atoms with Crippen LogP contribution in [0.5, 0.6) is 0 Å². The number of halogens is 2. The molecule has 0 spiro atoms. The lowest BCUT2D eigenvalue weighted by atomic mass is 10.2. The van der Waals surface area contributed by atoms with Crippen molar-refractivity contribution in [2.24, 2.45) is 0 Å². The van der Waals surface area contributed by atoms with Crippen molar-refractivity contribution in [2.75, 3.05) is 26.3 Å². The number of alkyl halides is 2. The van der Waals surface area contributed by atoms with Crippen LogP contribution in [0.4, 0.5) is 13.6 Å². The lowest BCUT2D eigenvalue weighted by Crippen LogP contribution is -2.43. The molecule has 7 heteroatoms. The molecule has 0 aromatic carbocycles. The summed E-state index contributed by atoms with van der Waals surface area (Å²) in [5.41, 5.74) is 0. The molecule has 0 aromatic heterocycles. The van der Waals surface area contributed by atoms with Gasteiger partial charge in [0.15, 0.2) is 18.5 Å². The molecule has 1 saturated heterocycles. The van der Waals surface area contributed by atoms with Crippen molar-refractivity contribution in [1.82, 2.24) is 4.90 Å². The number of amides is 1. The van der Waals surface area contributed by atoms with Crippen molar-refractivity contribution in [3.8, 4) is 0 Å². The molecule has 1 amide bonds. The Morgan fingerprint density at radius 1 is 1.40 bits per heavy atom. The summed E-state index contributed by atoms with van der Waals surface area (Å²) in [5.74, 6) is -4.26. The van der Waals surface area contributed by atoms with Gasteiger partial charge in [0.2, 0.25) is 0 Å². The van der Waals surface area contributed by atoms with Gasteiger partial charge in [-0.2, -0.15) is 8.78 Å². The fourth-order valence-electron chi connectivity index (χ4n) is 1.84. The highest BCUT2D eigenvalue weighted by Gasteiger charge is 2.50. The van der Waals surface area contributed by atoms with E-state index < -0.39 is 30.5 Å². The van der Waals surface area contributed by atoms with Gasteiger partial charge in [0.1, 0.15) is 0 Å². The Morgan fingerprint density at radius 2 is 2.00 bits per heavy atom. The molecule has 0 aliphatic carbocycles. The van der Waals surface area contributed by atoms with Gasteiger partial charge in [-0.25, -0.2) is 4.79 Å². The molecule has 1 heterocycles. The first-order chi connectivity index (χ1) is 9.28. The van der Waals surface area contributed by atoms with Crippen LogP contribution in [0.2, 0.25) is 0 Å². The van der Waals surface area contributed by atoms with Crippen LogP contribution in [0.25, 0.3) is 0 Å². The number of carbonyl (C=O) groups excluding carboxylic acids is 1. The Labute approximate surface area is 118 Å². The molecule has 118 valence electrons. The van der Waals surface area contributed by atoms with E-state index in [1.807, 2.05) is 0 Å². The zero-order valence-corrected chi connectivity index (χ0v) is 12.4. The van der Waals surface area contributed by atoms with Gasteiger partial charge in [0.05, 0.1) is 6.61 Å². The van der Waals surface area contributed by atoms with Crippen LogP contribution in [0, 0.1) is 0 Å². The van der Waals surface area contributed by atoms with Crippen molar-refractivity contribution in [3.63, 3.8) is 0 Å².